The predicted octanol–water partition coefficient (Wildman–Crippen LogP) is 2.47. The molecule has 1 aromatic carbocycles. The molecule has 6 nitrogen and oxygen atoms in total. The van der Waals surface area contributed by atoms with Gasteiger partial charge in [-0.15, -0.1) is 0 Å². The summed E-state index contributed by atoms with van der Waals surface area (Å²) in [7, 11) is -3.44. The van der Waals surface area contributed by atoms with E-state index in [1.54, 1.807) is 30.3 Å². The Kier molecular flexibility index (Phi) is 8.73. The first-order chi connectivity index (χ1) is 12.9. The third kappa shape index (κ3) is 6.90. The number of hydrogen-bond donors (Lipinski definition) is 1. The Balaban J connectivity index is 1.73. The minimum absolute atomic E-state index is 0.0253. The largest absolute Gasteiger partial charge is 0.353 e. The summed E-state index contributed by atoms with van der Waals surface area (Å²) in [4.78, 5) is 14.6. The highest BCUT2D eigenvalue weighted by atomic mass is 32.2. The molecule has 1 heterocycles. The number of unbranched alkanes of at least 4 members (excludes halogenated alkanes) is 3. The fraction of sp³-hybridized carbons (Fsp3) is 0.650. The molecule has 1 atom stereocenters. The number of piperazine rings is 1. The number of nitrogens with one attached hydrogen (secondary N) is 1. The van der Waals surface area contributed by atoms with E-state index in [4.69, 9.17) is 0 Å². The van der Waals surface area contributed by atoms with Crippen molar-refractivity contribution in [2.45, 2.75) is 56.9 Å². The number of amides is 1. The Bertz CT molecular complexity index is 671. The van der Waals surface area contributed by atoms with Crippen molar-refractivity contribution in [3.8, 4) is 0 Å². The second-order valence-electron chi connectivity index (χ2n) is 7.31. The molecule has 152 valence electrons. The van der Waals surface area contributed by atoms with Crippen LogP contribution in [0.2, 0.25) is 0 Å². The van der Waals surface area contributed by atoms with Crippen molar-refractivity contribution >= 4 is 15.9 Å². The van der Waals surface area contributed by atoms with Crippen molar-refractivity contribution in [2.75, 3.05) is 32.7 Å². The Morgan fingerprint density at radius 1 is 1.07 bits per heavy atom. The summed E-state index contributed by atoms with van der Waals surface area (Å²) in [5, 5.41) is 3.06. The number of benzene rings is 1. The zero-order valence-corrected chi connectivity index (χ0v) is 17.4. The lowest BCUT2D eigenvalue weighted by Gasteiger charge is -2.33. The van der Waals surface area contributed by atoms with Crippen LogP contribution in [0, 0.1) is 0 Å². The van der Waals surface area contributed by atoms with Gasteiger partial charge in [0.1, 0.15) is 0 Å². The van der Waals surface area contributed by atoms with Gasteiger partial charge in [0.15, 0.2) is 0 Å². The normalized spacial score (nSPS) is 17.6. The van der Waals surface area contributed by atoms with Gasteiger partial charge in [0.25, 0.3) is 0 Å². The summed E-state index contributed by atoms with van der Waals surface area (Å²) in [6, 6.07) is 8.71. The van der Waals surface area contributed by atoms with Crippen molar-refractivity contribution < 1.29 is 13.2 Å². The number of hydrogen-bond acceptors (Lipinski definition) is 4. The number of carbonyl (C=O) groups excluding carboxylic acids is 1. The molecule has 0 aromatic heterocycles. The molecule has 27 heavy (non-hydrogen) atoms. The Hall–Kier alpha value is -1.44. The van der Waals surface area contributed by atoms with Crippen LogP contribution in [-0.2, 0) is 14.8 Å². The minimum Gasteiger partial charge on any atom is -0.353 e. The maximum atomic E-state index is 12.6. The first-order valence-electron chi connectivity index (χ1n) is 10.0. The summed E-state index contributed by atoms with van der Waals surface area (Å²) in [6.45, 7) is 6.55. The topological polar surface area (TPSA) is 69.7 Å². The molecule has 0 aliphatic carbocycles. The molecule has 1 fully saturated rings. The zero-order valence-electron chi connectivity index (χ0n) is 16.6. The molecule has 1 N–H and O–H groups in total. The molecule has 0 saturated carbocycles. The lowest BCUT2D eigenvalue weighted by molar-refractivity contribution is -0.123. The molecular formula is C20H33N3O3S. The molecule has 1 saturated heterocycles. The average molecular weight is 396 g/mol. The number of rotatable bonds is 10. The van der Waals surface area contributed by atoms with E-state index in [0.717, 1.165) is 12.8 Å². The van der Waals surface area contributed by atoms with Crippen molar-refractivity contribution in [2.24, 2.45) is 0 Å². The van der Waals surface area contributed by atoms with E-state index in [9.17, 15) is 13.2 Å². The molecule has 1 aliphatic heterocycles. The van der Waals surface area contributed by atoms with Gasteiger partial charge in [-0.1, -0.05) is 50.8 Å². The number of sulfonamides is 1. The summed E-state index contributed by atoms with van der Waals surface area (Å²) < 4.78 is 26.8. The lowest BCUT2D eigenvalue weighted by atomic mass is 10.1. The van der Waals surface area contributed by atoms with Gasteiger partial charge in [0.2, 0.25) is 15.9 Å². The van der Waals surface area contributed by atoms with E-state index in [1.165, 1.54) is 23.6 Å². The third-order valence-electron chi connectivity index (χ3n) is 4.98. The summed E-state index contributed by atoms with van der Waals surface area (Å²) >= 11 is 0. The van der Waals surface area contributed by atoms with E-state index in [1.807, 2.05) is 11.8 Å². The molecule has 2 rings (SSSR count). The molecule has 0 radical (unpaired) electrons. The lowest BCUT2D eigenvalue weighted by Crippen LogP contribution is -2.51. The predicted molar refractivity (Wildman–Crippen MR) is 108 cm³/mol. The maximum Gasteiger partial charge on any atom is 0.243 e. The Morgan fingerprint density at radius 2 is 1.74 bits per heavy atom. The summed E-state index contributed by atoms with van der Waals surface area (Å²) in [5.74, 6) is 0.0253. The van der Waals surface area contributed by atoms with Crippen LogP contribution in [0.5, 0.6) is 0 Å². The van der Waals surface area contributed by atoms with Crippen LogP contribution in [0.4, 0.5) is 0 Å². The van der Waals surface area contributed by atoms with Crippen LogP contribution in [-0.4, -0.2) is 62.3 Å². The fourth-order valence-corrected chi connectivity index (χ4v) is 4.79. The molecule has 0 unspecified atom stereocenters. The van der Waals surface area contributed by atoms with Gasteiger partial charge in [-0.05, 0) is 25.5 Å². The van der Waals surface area contributed by atoms with Gasteiger partial charge in [-0.2, -0.15) is 4.31 Å². The van der Waals surface area contributed by atoms with Crippen LogP contribution in [0.1, 0.15) is 46.0 Å². The third-order valence-corrected chi connectivity index (χ3v) is 6.89. The van der Waals surface area contributed by atoms with Crippen LogP contribution in [0.15, 0.2) is 35.2 Å². The smallest absolute Gasteiger partial charge is 0.243 e. The standard InChI is InChI=1S/C20H33N3O3S/c1-3-4-5-7-10-18(2)21-20(24)17-22-13-15-23(16-14-22)27(25,26)19-11-8-6-9-12-19/h6,8-9,11-12,18H,3-5,7,10,13-17H2,1-2H3,(H,21,24)/t18-/m1/s1. The summed E-state index contributed by atoms with van der Waals surface area (Å²) in [6.07, 6.45) is 5.83. The molecular weight excluding hydrogens is 362 g/mol. The van der Waals surface area contributed by atoms with E-state index < -0.39 is 10.0 Å². The average Bonchev–Trinajstić information content (AvgIpc) is 2.66. The summed E-state index contributed by atoms with van der Waals surface area (Å²) in [5.41, 5.74) is 0. The van der Waals surface area contributed by atoms with Gasteiger partial charge in [-0.3, -0.25) is 9.69 Å². The van der Waals surface area contributed by atoms with E-state index in [-0.39, 0.29) is 11.9 Å². The van der Waals surface area contributed by atoms with Crippen LogP contribution < -0.4 is 5.32 Å². The van der Waals surface area contributed by atoms with E-state index in [0.29, 0.717) is 37.6 Å². The first-order valence-corrected chi connectivity index (χ1v) is 11.4. The highest BCUT2D eigenvalue weighted by molar-refractivity contribution is 7.89. The maximum absolute atomic E-state index is 12.6. The molecule has 7 heteroatoms. The molecule has 1 aliphatic rings. The highest BCUT2D eigenvalue weighted by Gasteiger charge is 2.28. The van der Waals surface area contributed by atoms with Gasteiger partial charge in [0.05, 0.1) is 11.4 Å². The van der Waals surface area contributed by atoms with Gasteiger partial charge in [0, 0.05) is 32.2 Å². The van der Waals surface area contributed by atoms with Crippen LogP contribution >= 0.6 is 0 Å². The Morgan fingerprint density at radius 3 is 2.37 bits per heavy atom. The first kappa shape index (κ1) is 21.9. The van der Waals surface area contributed by atoms with Crippen molar-refractivity contribution in [1.82, 2.24) is 14.5 Å². The van der Waals surface area contributed by atoms with Crippen LogP contribution in [0.25, 0.3) is 0 Å². The monoisotopic (exact) mass is 395 g/mol. The molecule has 1 amide bonds. The number of carbonyl (C=O) groups is 1. The molecule has 0 bridgehead atoms. The van der Waals surface area contributed by atoms with Crippen molar-refractivity contribution in [1.29, 1.82) is 0 Å². The zero-order chi connectivity index (χ0) is 19.7. The van der Waals surface area contributed by atoms with Crippen LogP contribution in [0.3, 0.4) is 0 Å². The van der Waals surface area contributed by atoms with Gasteiger partial charge < -0.3 is 5.32 Å². The highest BCUT2D eigenvalue weighted by Crippen LogP contribution is 2.17. The molecule has 1 aromatic rings. The minimum atomic E-state index is -3.44. The van der Waals surface area contributed by atoms with E-state index >= 15 is 0 Å². The second kappa shape index (κ2) is 10.8. The quantitative estimate of drug-likeness (QED) is 0.618. The van der Waals surface area contributed by atoms with Crippen molar-refractivity contribution in [3.05, 3.63) is 30.3 Å². The van der Waals surface area contributed by atoms with Gasteiger partial charge in [-0.25, -0.2) is 8.42 Å². The fourth-order valence-electron chi connectivity index (χ4n) is 3.34. The SMILES string of the molecule is CCCCCC[C@@H](C)NC(=O)CN1CCN(S(=O)(=O)c2ccccc2)CC1. The Labute approximate surface area is 164 Å². The van der Waals surface area contributed by atoms with Crippen molar-refractivity contribution in [3.63, 3.8) is 0 Å². The van der Waals surface area contributed by atoms with E-state index in [2.05, 4.69) is 12.2 Å². The number of nitrogens with zero attached hydrogens (tertiary/aromatic N) is 2. The van der Waals surface area contributed by atoms with Gasteiger partial charge >= 0.3 is 0 Å². The molecule has 0 spiro atoms. The second-order valence-corrected chi connectivity index (χ2v) is 9.25.